The fourth-order valence-electron chi connectivity index (χ4n) is 0.741. The lowest BCUT2D eigenvalue weighted by Gasteiger charge is -2.18. The van der Waals surface area contributed by atoms with Crippen molar-refractivity contribution in [2.24, 2.45) is 0 Å². The fourth-order valence-corrected chi connectivity index (χ4v) is 2.67. The molecule has 0 aliphatic carbocycles. The molecule has 60 valence electrons. The van der Waals surface area contributed by atoms with Crippen molar-refractivity contribution in [1.82, 2.24) is 5.32 Å². The Morgan fingerprint density at radius 2 is 2.30 bits per heavy atom. The van der Waals surface area contributed by atoms with Crippen molar-refractivity contribution >= 4 is 21.9 Å². The highest BCUT2D eigenvalue weighted by Crippen LogP contribution is 2.30. The van der Waals surface area contributed by atoms with E-state index < -0.39 is 14.3 Å². The van der Waals surface area contributed by atoms with E-state index in [1.807, 2.05) is 0 Å². The lowest BCUT2D eigenvalue weighted by atomic mass is 10.7. The second kappa shape index (κ2) is 2.37. The Bertz CT molecular complexity index is 217. The first-order valence-corrected chi connectivity index (χ1v) is 5.24. The highest BCUT2D eigenvalue weighted by atomic mass is 32.3. The number of hydrogen-bond acceptors (Lipinski definition) is 4. The van der Waals surface area contributed by atoms with E-state index in [2.05, 4.69) is 5.32 Å². The zero-order valence-corrected chi connectivity index (χ0v) is 7.13. The average molecular weight is 183 g/mol. The van der Waals surface area contributed by atoms with Crippen LogP contribution in [0.5, 0.6) is 0 Å². The summed E-state index contributed by atoms with van der Waals surface area (Å²) in [6.07, 6.45) is 0. The smallest absolute Gasteiger partial charge is 0.288 e. The maximum Gasteiger partial charge on any atom is 0.293 e. The van der Waals surface area contributed by atoms with Crippen molar-refractivity contribution < 1.29 is 13.0 Å². The van der Waals surface area contributed by atoms with Crippen LogP contribution in [0.25, 0.3) is 0 Å². The van der Waals surface area contributed by atoms with Gasteiger partial charge in [-0.05, 0) is 6.92 Å². The fraction of sp³-hybridized carbons (Fsp3) is 1.00. The first-order valence-electron chi connectivity index (χ1n) is 2.82. The van der Waals surface area contributed by atoms with Crippen molar-refractivity contribution in [3.63, 3.8) is 0 Å². The summed E-state index contributed by atoms with van der Waals surface area (Å²) >= 11 is 1.20. The molecule has 0 aromatic heterocycles. The summed E-state index contributed by atoms with van der Waals surface area (Å²) in [6.45, 7) is 2.08. The summed E-state index contributed by atoms with van der Waals surface area (Å²) in [7, 11) is -3.95. The molecule has 1 heterocycles. The molecule has 1 rings (SSSR count). The van der Waals surface area contributed by atoms with Crippen LogP contribution < -0.4 is 5.32 Å². The predicted octanol–water partition coefficient (Wildman–Crippen LogP) is -0.116. The highest BCUT2D eigenvalue weighted by molar-refractivity contribution is 8.13. The standard InChI is InChI=1S/C4H9NO3S2/c1-4(10(6,7)8)5-2-3-9-4/h5H,2-3H2,1H3,(H,6,7,8). The van der Waals surface area contributed by atoms with E-state index in [0.29, 0.717) is 6.54 Å². The van der Waals surface area contributed by atoms with Crippen molar-refractivity contribution in [2.45, 2.75) is 11.1 Å². The van der Waals surface area contributed by atoms with Gasteiger partial charge >= 0.3 is 0 Å². The molecule has 1 atom stereocenters. The van der Waals surface area contributed by atoms with Crippen LogP contribution in [0.15, 0.2) is 0 Å². The lowest BCUT2D eigenvalue weighted by Crippen LogP contribution is -2.41. The van der Waals surface area contributed by atoms with Gasteiger partial charge in [-0.3, -0.25) is 9.87 Å². The van der Waals surface area contributed by atoms with Crippen LogP contribution in [0.1, 0.15) is 6.92 Å². The van der Waals surface area contributed by atoms with Crippen LogP contribution in [0.2, 0.25) is 0 Å². The maximum absolute atomic E-state index is 10.6. The highest BCUT2D eigenvalue weighted by Gasteiger charge is 2.41. The molecule has 0 aromatic rings. The average Bonchev–Trinajstić information content (AvgIpc) is 2.13. The Morgan fingerprint density at radius 1 is 1.70 bits per heavy atom. The zero-order chi connectivity index (χ0) is 7.83. The van der Waals surface area contributed by atoms with E-state index >= 15 is 0 Å². The molecule has 0 saturated carbocycles. The van der Waals surface area contributed by atoms with Gasteiger partial charge in [0.2, 0.25) is 0 Å². The topological polar surface area (TPSA) is 66.4 Å². The Kier molecular flexibility index (Phi) is 1.97. The quantitative estimate of drug-likeness (QED) is 0.555. The molecule has 0 aromatic carbocycles. The molecule has 1 unspecified atom stereocenters. The van der Waals surface area contributed by atoms with E-state index in [9.17, 15) is 8.42 Å². The summed E-state index contributed by atoms with van der Waals surface area (Å²) in [5, 5.41) is 2.70. The third-order valence-electron chi connectivity index (χ3n) is 1.42. The van der Waals surface area contributed by atoms with Crippen LogP contribution in [-0.2, 0) is 10.1 Å². The Morgan fingerprint density at radius 3 is 2.50 bits per heavy atom. The molecule has 1 aliphatic rings. The predicted molar refractivity (Wildman–Crippen MR) is 40.4 cm³/mol. The van der Waals surface area contributed by atoms with Gasteiger partial charge in [0.15, 0.2) is 4.20 Å². The number of nitrogens with one attached hydrogen (secondary N) is 1. The molecule has 1 saturated heterocycles. The minimum atomic E-state index is -3.95. The second-order valence-corrected chi connectivity index (χ2v) is 5.73. The summed E-state index contributed by atoms with van der Waals surface area (Å²) in [6, 6.07) is 0. The molecule has 0 bridgehead atoms. The van der Waals surface area contributed by atoms with Crippen molar-refractivity contribution in [2.75, 3.05) is 12.3 Å². The van der Waals surface area contributed by atoms with Gasteiger partial charge in [-0.25, -0.2) is 0 Å². The molecule has 1 aliphatic heterocycles. The van der Waals surface area contributed by atoms with Gasteiger partial charge in [0.1, 0.15) is 0 Å². The van der Waals surface area contributed by atoms with E-state index in [0.717, 1.165) is 5.75 Å². The molecule has 1 fully saturated rings. The van der Waals surface area contributed by atoms with Crippen LogP contribution in [0.3, 0.4) is 0 Å². The summed E-state index contributed by atoms with van der Waals surface area (Å²) in [5.41, 5.74) is 0. The second-order valence-electron chi connectivity index (χ2n) is 2.20. The van der Waals surface area contributed by atoms with Gasteiger partial charge in [0, 0.05) is 12.3 Å². The number of hydrogen-bond donors (Lipinski definition) is 2. The lowest BCUT2D eigenvalue weighted by molar-refractivity contribution is 0.452. The first-order chi connectivity index (χ1) is 4.46. The van der Waals surface area contributed by atoms with E-state index in [1.54, 1.807) is 0 Å². The molecular formula is C4H9NO3S2. The summed E-state index contributed by atoms with van der Waals surface area (Å²) in [5.74, 6) is 0.719. The minimum absolute atomic E-state index is 0.626. The molecule has 2 N–H and O–H groups in total. The van der Waals surface area contributed by atoms with Crippen LogP contribution >= 0.6 is 11.8 Å². The SMILES string of the molecule is CC1(S(=O)(=O)O)NCCS1. The van der Waals surface area contributed by atoms with Gasteiger partial charge in [-0.1, -0.05) is 0 Å². The monoisotopic (exact) mass is 183 g/mol. The third kappa shape index (κ3) is 1.29. The molecule has 0 radical (unpaired) electrons. The molecule has 0 amide bonds. The van der Waals surface area contributed by atoms with Gasteiger partial charge in [0.25, 0.3) is 10.1 Å². The number of rotatable bonds is 1. The van der Waals surface area contributed by atoms with Crippen molar-refractivity contribution in [1.29, 1.82) is 0 Å². The van der Waals surface area contributed by atoms with Crippen molar-refractivity contribution in [3.8, 4) is 0 Å². The Labute approximate surface area is 64.1 Å². The Hall–Kier alpha value is 0.220. The zero-order valence-electron chi connectivity index (χ0n) is 5.49. The minimum Gasteiger partial charge on any atom is -0.288 e. The van der Waals surface area contributed by atoms with Crippen molar-refractivity contribution in [3.05, 3.63) is 0 Å². The normalized spacial score (nSPS) is 34.6. The molecular weight excluding hydrogens is 174 g/mol. The van der Waals surface area contributed by atoms with E-state index in [1.165, 1.54) is 18.7 Å². The summed E-state index contributed by atoms with van der Waals surface area (Å²) in [4.78, 5) is 0. The molecule has 10 heavy (non-hydrogen) atoms. The van der Waals surface area contributed by atoms with Gasteiger partial charge in [-0.2, -0.15) is 8.42 Å². The molecule has 6 heteroatoms. The van der Waals surface area contributed by atoms with Gasteiger partial charge in [0.05, 0.1) is 0 Å². The Balaban J connectivity index is 2.88. The molecule has 4 nitrogen and oxygen atoms in total. The largest absolute Gasteiger partial charge is 0.293 e. The third-order valence-corrected chi connectivity index (χ3v) is 4.64. The van der Waals surface area contributed by atoms with Crippen LogP contribution in [-0.4, -0.2) is 29.5 Å². The van der Waals surface area contributed by atoms with Gasteiger partial charge in [-0.15, -0.1) is 11.8 Å². The number of thioether (sulfide) groups is 1. The van der Waals surface area contributed by atoms with E-state index in [4.69, 9.17) is 4.55 Å². The van der Waals surface area contributed by atoms with Crippen LogP contribution in [0.4, 0.5) is 0 Å². The van der Waals surface area contributed by atoms with Gasteiger partial charge < -0.3 is 0 Å². The van der Waals surface area contributed by atoms with Crippen LogP contribution in [0, 0.1) is 0 Å². The molecule has 0 spiro atoms. The summed E-state index contributed by atoms with van der Waals surface area (Å²) < 4.78 is 28.7. The maximum atomic E-state index is 10.6. The first kappa shape index (κ1) is 8.32. The van der Waals surface area contributed by atoms with E-state index in [-0.39, 0.29) is 0 Å².